The molecule has 0 aromatic rings. The molecule has 0 aliphatic carbocycles. The van der Waals surface area contributed by atoms with Crippen LogP contribution in [0.3, 0.4) is 0 Å². The maximum Gasteiger partial charge on any atom is 1.00 e. The first kappa shape index (κ1) is 10.2. The number of hydrogen-bond donors (Lipinski definition) is 0. The van der Waals surface area contributed by atoms with Crippen molar-refractivity contribution in [1.82, 2.24) is 0 Å². The minimum atomic E-state index is -1.10. The molecule has 0 aromatic heterocycles. The summed E-state index contributed by atoms with van der Waals surface area (Å²) in [4.78, 5) is 0. The van der Waals surface area contributed by atoms with E-state index in [1.807, 2.05) is 0 Å². The van der Waals surface area contributed by atoms with Crippen LogP contribution in [-0.2, 0) is 0 Å². The van der Waals surface area contributed by atoms with Gasteiger partial charge in [-0.05, 0) is 0 Å². The third-order valence-electron chi connectivity index (χ3n) is 0.387. The fraction of sp³-hybridized carbons (Fsp3) is 0. The number of rotatable bonds is 0. The van der Waals surface area contributed by atoms with Crippen molar-refractivity contribution in [1.29, 1.82) is 15.8 Å². The Labute approximate surface area is 61.3 Å². The third kappa shape index (κ3) is 3.33. The van der Waals surface area contributed by atoms with Crippen LogP contribution in [0.1, 0.15) is 1.43 Å². The maximum atomic E-state index is 7.83. The van der Waals surface area contributed by atoms with Crippen LogP contribution in [0.25, 0.3) is 0 Å². The second-order valence-corrected chi connectivity index (χ2v) is 0.820. The Bertz CT molecular complexity index is 142. The Morgan fingerprint density at radius 3 is 1.25 bits per heavy atom. The molecule has 0 saturated heterocycles. The molecule has 0 rings (SSSR count). The van der Waals surface area contributed by atoms with Crippen molar-refractivity contribution < 1.29 is 20.3 Å². The van der Waals surface area contributed by atoms with Crippen molar-refractivity contribution in [2.24, 2.45) is 0 Å². The summed E-state index contributed by atoms with van der Waals surface area (Å²) < 4.78 is 0. The Morgan fingerprint density at radius 2 is 1.25 bits per heavy atom. The van der Waals surface area contributed by atoms with Crippen LogP contribution in [0.5, 0.6) is 0 Å². The first-order chi connectivity index (χ1) is 3.35. The maximum absolute atomic E-state index is 7.83. The average molecular weight is 96.8 g/mol. The van der Waals surface area contributed by atoms with E-state index in [0.717, 1.165) is 0 Å². The minimum Gasteiger partial charge on any atom is -1.00 e. The Hall–Kier alpha value is -0.868. The molecule has 5 heteroatoms. The number of hydrogen-bond acceptors (Lipinski definition) is 3. The summed E-state index contributed by atoms with van der Waals surface area (Å²) in [5.74, 6) is 4.44. The summed E-state index contributed by atoms with van der Waals surface area (Å²) in [7, 11) is 0. The second-order valence-electron chi connectivity index (χ2n) is 0.820. The molecule has 32 valence electrons. The van der Waals surface area contributed by atoms with Crippen LogP contribution in [0.15, 0.2) is 0 Å². The van der Waals surface area contributed by atoms with Gasteiger partial charge < -0.3 is 1.43 Å². The zero-order valence-corrected chi connectivity index (χ0v) is 4.42. The van der Waals surface area contributed by atoms with Crippen LogP contribution in [0.2, 0.25) is 0 Å². The summed E-state index contributed by atoms with van der Waals surface area (Å²) in [6.45, 7) is -1.10. The van der Waals surface area contributed by atoms with Gasteiger partial charge in [0.25, 0.3) is 0 Å². The zero-order valence-electron chi connectivity index (χ0n) is 5.42. The van der Waals surface area contributed by atoms with Gasteiger partial charge in [0.15, 0.2) is 0 Å². The Balaban J connectivity index is -0.000000180. The Morgan fingerprint density at radius 1 is 1.00 bits per heavy atom. The van der Waals surface area contributed by atoms with E-state index in [1.54, 1.807) is 0 Å². The van der Waals surface area contributed by atoms with Crippen molar-refractivity contribution in [3.63, 3.8) is 0 Å². The molecule has 8 heavy (non-hydrogen) atoms. The van der Waals surface area contributed by atoms with Gasteiger partial charge >= 0.3 is 25.6 Å². The van der Waals surface area contributed by atoms with E-state index in [1.165, 1.54) is 17.9 Å². The molecule has 0 spiro atoms. The third-order valence-corrected chi connectivity index (χ3v) is 0.387. The largest absolute Gasteiger partial charge is 1.00 e. The van der Waals surface area contributed by atoms with Gasteiger partial charge in [0.05, 0.1) is 0 Å². The molecule has 0 bridgehead atoms. The van der Waals surface area contributed by atoms with Gasteiger partial charge in [-0.1, -0.05) is 0 Å². The molecule has 0 saturated carbocycles. The monoisotopic (exact) mass is 97.0 g/mol. The van der Waals surface area contributed by atoms with E-state index in [2.05, 4.69) is 0 Å². The first-order valence-electron chi connectivity index (χ1n) is 1.54. The average Bonchev–Trinajstić information content (AvgIpc) is 1.72. The molecule has 0 atom stereocenters. The summed E-state index contributed by atoms with van der Waals surface area (Å²) in [5.41, 5.74) is 0. The van der Waals surface area contributed by atoms with E-state index >= 15 is 0 Å². The quantitative estimate of drug-likeness (QED) is 0.298. The van der Waals surface area contributed by atoms with E-state index in [-0.39, 0.29) is 20.3 Å². The zero-order chi connectivity index (χ0) is 5.70. The standard InChI is InChI=1S/C3BN3.Li.H/c5-1-4(2-6)3-7;;/q;+1;-1. The second kappa shape index (κ2) is 6.13. The van der Waals surface area contributed by atoms with Gasteiger partial charge in [0.2, 0.25) is 0 Å². The van der Waals surface area contributed by atoms with Gasteiger partial charge in [-0.3, -0.25) is 0 Å². The van der Waals surface area contributed by atoms with Gasteiger partial charge in [-0.25, -0.2) is 15.8 Å². The molecule has 0 aromatic carbocycles. The van der Waals surface area contributed by atoms with Gasteiger partial charge in [0.1, 0.15) is 0 Å². The molecule has 0 aliphatic heterocycles. The van der Waals surface area contributed by atoms with Crippen LogP contribution < -0.4 is 18.9 Å². The van der Waals surface area contributed by atoms with Crippen LogP contribution >= 0.6 is 0 Å². The summed E-state index contributed by atoms with van der Waals surface area (Å²) in [6, 6.07) is 0. The van der Waals surface area contributed by atoms with Gasteiger partial charge in [-0.2, -0.15) is 0 Å². The van der Waals surface area contributed by atoms with E-state index in [4.69, 9.17) is 15.8 Å². The molecule has 0 N–H and O–H groups in total. The number of nitriles is 3. The minimum absolute atomic E-state index is 0. The number of nitrogens with zero attached hydrogens (tertiary/aromatic N) is 3. The van der Waals surface area contributed by atoms with E-state index in [9.17, 15) is 0 Å². The molecular weight excluding hydrogens is 95.8 g/mol. The SMILES string of the molecule is N#CB(C#N)C#N.[H-].[Li+]. The van der Waals surface area contributed by atoms with Crippen molar-refractivity contribution >= 4 is 6.71 Å². The molecule has 0 amide bonds. The first-order valence-corrected chi connectivity index (χ1v) is 1.54. The fourth-order valence-electron chi connectivity index (χ4n) is 0.0866. The fourth-order valence-corrected chi connectivity index (χ4v) is 0.0866. The van der Waals surface area contributed by atoms with Crippen molar-refractivity contribution in [2.45, 2.75) is 0 Å². The Kier molecular flexibility index (Phi) is 7.81. The van der Waals surface area contributed by atoms with Crippen molar-refractivity contribution in [2.75, 3.05) is 0 Å². The summed E-state index contributed by atoms with van der Waals surface area (Å²) >= 11 is 0. The van der Waals surface area contributed by atoms with Gasteiger partial charge in [-0.15, -0.1) is 0 Å². The van der Waals surface area contributed by atoms with E-state index in [0.29, 0.717) is 0 Å². The van der Waals surface area contributed by atoms with Crippen LogP contribution in [0.4, 0.5) is 0 Å². The predicted molar refractivity (Wildman–Crippen MR) is 23.7 cm³/mol. The molecule has 0 unspecified atom stereocenters. The smallest absolute Gasteiger partial charge is 1.00 e. The van der Waals surface area contributed by atoms with Gasteiger partial charge in [0, 0.05) is 17.9 Å². The summed E-state index contributed by atoms with van der Waals surface area (Å²) in [6.07, 6.45) is 0. The molecule has 0 aliphatic rings. The molecule has 3 nitrogen and oxygen atoms in total. The van der Waals surface area contributed by atoms with Crippen molar-refractivity contribution in [3.8, 4) is 17.9 Å². The van der Waals surface area contributed by atoms with Crippen LogP contribution in [-0.4, -0.2) is 6.71 Å². The molecule has 0 heterocycles. The topological polar surface area (TPSA) is 71.4 Å². The summed E-state index contributed by atoms with van der Waals surface area (Å²) in [5, 5.41) is 23.5. The molecule has 0 fully saturated rings. The molecule has 0 radical (unpaired) electrons. The molecular formula is C3HBLiN3. The van der Waals surface area contributed by atoms with E-state index < -0.39 is 6.71 Å². The van der Waals surface area contributed by atoms with Crippen molar-refractivity contribution in [3.05, 3.63) is 0 Å². The predicted octanol–water partition coefficient (Wildman–Crippen LogP) is -3.21. The normalized spacial score (nSPS) is 4.12. The van der Waals surface area contributed by atoms with Crippen LogP contribution in [0, 0.1) is 33.7 Å².